The summed E-state index contributed by atoms with van der Waals surface area (Å²) >= 11 is 1.85. The number of nitrogens with zero attached hydrogens (tertiary/aromatic N) is 1. The van der Waals surface area contributed by atoms with Gasteiger partial charge in [-0.3, -0.25) is 0 Å². The fraction of sp³-hybridized carbons (Fsp3) is 0.381. The van der Waals surface area contributed by atoms with Gasteiger partial charge in [0.05, 0.1) is 15.2 Å². The normalized spacial score (nSPS) is 24.8. The molecule has 0 amide bonds. The minimum Gasteiger partial charge on any atom is -0.508 e. The second-order valence-electron chi connectivity index (χ2n) is 7.68. The molecule has 128 valence electrons. The zero-order chi connectivity index (χ0) is 17.2. The summed E-state index contributed by atoms with van der Waals surface area (Å²) < 4.78 is 1.29. The standard InChI is InChI=1S/C21H22N2OS/c1-12-13(2)19-14(9-17(12)24)10-21(11-22-19)8-7-15(21)20-23-16-5-3-4-6-18(16)25-20/h3-6,9,15,22,24H,7-8,10-11H2,1-2H3/t15?,21-/m0/s1. The Morgan fingerprint density at radius 3 is 2.84 bits per heavy atom. The maximum Gasteiger partial charge on any atom is 0.119 e. The van der Waals surface area contributed by atoms with Crippen LogP contribution in [0.25, 0.3) is 10.2 Å². The van der Waals surface area contributed by atoms with Crippen molar-refractivity contribution < 1.29 is 5.11 Å². The zero-order valence-electron chi connectivity index (χ0n) is 14.6. The molecule has 1 saturated carbocycles. The summed E-state index contributed by atoms with van der Waals surface area (Å²) in [5.41, 5.74) is 6.03. The molecule has 1 unspecified atom stereocenters. The number of nitrogens with one attached hydrogen (secondary N) is 1. The number of aromatic nitrogens is 1. The fourth-order valence-corrected chi connectivity index (χ4v) is 5.85. The number of hydrogen-bond acceptors (Lipinski definition) is 4. The van der Waals surface area contributed by atoms with Crippen LogP contribution in [0.15, 0.2) is 30.3 Å². The van der Waals surface area contributed by atoms with E-state index in [1.807, 2.05) is 24.3 Å². The average Bonchev–Trinajstić information content (AvgIpc) is 3.01. The Morgan fingerprint density at radius 2 is 2.08 bits per heavy atom. The quantitative estimate of drug-likeness (QED) is 0.597. The Bertz CT molecular complexity index is 960. The average molecular weight is 350 g/mol. The molecule has 0 bridgehead atoms. The van der Waals surface area contributed by atoms with E-state index >= 15 is 0 Å². The number of benzene rings is 2. The number of thiazole rings is 1. The molecule has 1 aliphatic heterocycles. The largest absolute Gasteiger partial charge is 0.508 e. The first-order chi connectivity index (χ1) is 12.1. The molecule has 2 aromatic carbocycles. The summed E-state index contributed by atoms with van der Waals surface area (Å²) in [5, 5.41) is 15.2. The van der Waals surface area contributed by atoms with Crippen molar-refractivity contribution >= 4 is 27.2 Å². The topological polar surface area (TPSA) is 45.1 Å². The summed E-state index contributed by atoms with van der Waals surface area (Å²) in [7, 11) is 0. The van der Waals surface area contributed by atoms with E-state index in [-0.39, 0.29) is 5.41 Å². The van der Waals surface area contributed by atoms with Crippen LogP contribution < -0.4 is 5.32 Å². The molecule has 2 aliphatic rings. The molecule has 4 heteroatoms. The Morgan fingerprint density at radius 1 is 1.24 bits per heavy atom. The van der Waals surface area contributed by atoms with E-state index in [1.54, 1.807) is 0 Å². The lowest BCUT2D eigenvalue weighted by Gasteiger charge is -2.52. The van der Waals surface area contributed by atoms with Crippen molar-refractivity contribution in [1.82, 2.24) is 4.98 Å². The van der Waals surface area contributed by atoms with Crippen LogP contribution in [0.1, 0.15) is 40.5 Å². The summed E-state index contributed by atoms with van der Waals surface area (Å²) in [6.45, 7) is 5.10. The van der Waals surface area contributed by atoms with Crippen LogP contribution in [0.5, 0.6) is 5.75 Å². The highest BCUT2D eigenvalue weighted by Crippen LogP contribution is 2.58. The van der Waals surface area contributed by atoms with Crippen molar-refractivity contribution in [3.8, 4) is 5.75 Å². The Hall–Kier alpha value is -2.07. The first kappa shape index (κ1) is 15.2. The number of aromatic hydroxyl groups is 1. The van der Waals surface area contributed by atoms with Crippen LogP contribution in [0.3, 0.4) is 0 Å². The van der Waals surface area contributed by atoms with E-state index in [0.29, 0.717) is 11.7 Å². The van der Waals surface area contributed by atoms with Gasteiger partial charge in [0.25, 0.3) is 0 Å². The third-order valence-corrected chi connectivity index (χ3v) is 7.54. The number of para-hydroxylation sites is 1. The van der Waals surface area contributed by atoms with Gasteiger partial charge < -0.3 is 10.4 Å². The molecule has 2 atom stereocenters. The van der Waals surface area contributed by atoms with Gasteiger partial charge >= 0.3 is 0 Å². The predicted octanol–water partition coefficient (Wildman–Crippen LogP) is 5.15. The van der Waals surface area contributed by atoms with Crippen LogP contribution in [0, 0.1) is 19.3 Å². The van der Waals surface area contributed by atoms with Gasteiger partial charge in [0.2, 0.25) is 0 Å². The number of hydrogen-bond donors (Lipinski definition) is 2. The zero-order valence-corrected chi connectivity index (χ0v) is 15.4. The van der Waals surface area contributed by atoms with Gasteiger partial charge in [-0.05, 0) is 68.0 Å². The molecule has 2 heterocycles. The van der Waals surface area contributed by atoms with E-state index in [9.17, 15) is 5.11 Å². The van der Waals surface area contributed by atoms with Crippen molar-refractivity contribution in [2.75, 3.05) is 11.9 Å². The third-order valence-electron chi connectivity index (χ3n) is 6.39. The molecule has 1 aromatic heterocycles. The minimum absolute atomic E-state index is 0.245. The molecule has 1 spiro atoms. The Kier molecular flexibility index (Phi) is 3.17. The summed E-state index contributed by atoms with van der Waals surface area (Å²) in [6, 6.07) is 10.4. The number of fused-ring (bicyclic) bond motifs is 2. The highest BCUT2D eigenvalue weighted by atomic mass is 32.1. The molecule has 3 nitrogen and oxygen atoms in total. The lowest BCUT2D eigenvalue weighted by Crippen LogP contribution is -2.48. The van der Waals surface area contributed by atoms with Crippen LogP contribution in [-0.4, -0.2) is 16.6 Å². The molecule has 5 rings (SSSR count). The molecule has 3 aromatic rings. The SMILES string of the molecule is Cc1c(O)cc2c(c1C)NC[C@]1(CCC1c1nc3ccccc3s1)C2. The monoisotopic (exact) mass is 350 g/mol. The van der Waals surface area contributed by atoms with Crippen LogP contribution >= 0.6 is 11.3 Å². The van der Waals surface area contributed by atoms with Crippen molar-refractivity contribution in [1.29, 1.82) is 0 Å². The molecule has 0 radical (unpaired) electrons. The first-order valence-electron chi connectivity index (χ1n) is 8.99. The van der Waals surface area contributed by atoms with Gasteiger partial charge in [-0.25, -0.2) is 4.98 Å². The number of rotatable bonds is 1. The molecular weight excluding hydrogens is 328 g/mol. The van der Waals surface area contributed by atoms with E-state index in [1.165, 1.54) is 39.4 Å². The smallest absolute Gasteiger partial charge is 0.119 e. The van der Waals surface area contributed by atoms with E-state index in [4.69, 9.17) is 4.98 Å². The van der Waals surface area contributed by atoms with Crippen LogP contribution in [0.4, 0.5) is 5.69 Å². The lowest BCUT2D eigenvalue weighted by atomic mass is 9.56. The number of phenolic OH excluding ortho intramolecular Hbond substituents is 1. The molecule has 0 saturated heterocycles. The summed E-state index contributed by atoms with van der Waals surface area (Å²) in [5.74, 6) is 0.945. The number of anilines is 1. The second kappa shape index (κ2) is 5.21. The van der Waals surface area contributed by atoms with Gasteiger partial charge in [-0.2, -0.15) is 0 Å². The molecule has 2 N–H and O–H groups in total. The summed E-state index contributed by atoms with van der Waals surface area (Å²) in [6.07, 6.45) is 3.48. The van der Waals surface area contributed by atoms with Crippen molar-refractivity contribution in [2.24, 2.45) is 5.41 Å². The fourth-order valence-electron chi connectivity index (χ4n) is 4.60. The van der Waals surface area contributed by atoms with Gasteiger partial charge in [0, 0.05) is 23.6 Å². The molecular formula is C21H22N2OS. The molecule has 1 aliphatic carbocycles. The maximum atomic E-state index is 10.3. The van der Waals surface area contributed by atoms with E-state index < -0.39 is 0 Å². The third kappa shape index (κ3) is 2.13. The van der Waals surface area contributed by atoms with Crippen molar-refractivity contribution in [3.63, 3.8) is 0 Å². The maximum absolute atomic E-state index is 10.3. The first-order valence-corrected chi connectivity index (χ1v) is 9.80. The Balaban J connectivity index is 1.52. The predicted molar refractivity (Wildman–Crippen MR) is 104 cm³/mol. The molecule has 1 fully saturated rings. The molecule has 25 heavy (non-hydrogen) atoms. The van der Waals surface area contributed by atoms with Gasteiger partial charge in [-0.1, -0.05) is 12.1 Å². The van der Waals surface area contributed by atoms with E-state index in [0.717, 1.165) is 24.0 Å². The lowest BCUT2D eigenvalue weighted by molar-refractivity contribution is 0.101. The van der Waals surface area contributed by atoms with Gasteiger partial charge in [0.15, 0.2) is 0 Å². The second-order valence-corrected chi connectivity index (χ2v) is 8.75. The highest BCUT2D eigenvalue weighted by molar-refractivity contribution is 7.18. The van der Waals surface area contributed by atoms with Gasteiger partial charge in [0.1, 0.15) is 5.75 Å². The van der Waals surface area contributed by atoms with Crippen molar-refractivity contribution in [2.45, 2.75) is 39.0 Å². The highest BCUT2D eigenvalue weighted by Gasteiger charge is 2.50. The van der Waals surface area contributed by atoms with Crippen molar-refractivity contribution in [3.05, 3.63) is 52.0 Å². The number of phenols is 1. The summed E-state index contributed by atoms with van der Waals surface area (Å²) in [4.78, 5) is 4.93. The van der Waals surface area contributed by atoms with Crippen LogP contribution in [-0.2, 0) is 6.42 Å². The van der Waals surface area contributed by atoms with E-state index in [2.05, 4.69) is 36.5 Å². The minimum atomic E-state index is 0.245. The van der Waals surface area contributed by atoms with Gasteiger partial charge in [-0.15, -0.1) is 11.3 Å². The Labute approximate surface area is 151 Å². The van der Waals surface area contributed by atoms with Crippen LogP contribution in [0.2, 0.25) is 0 Å².